The lowest BCUT2D eigenvalue weighted by Crippen LogP contribution is -2.19. The van der Waals surface area contributed by atoms with E-state index < -0.39 is 0 Å². The number of para-hydroxylation sites is 1. The molecule has 0 atom stereocenters. The van der Waals surface area contributed by atoms with Crippen LogP contribution in [0.3, 0.4) is 0 Å². The first kappa shape index (κ1) is 6.64. The van der Waals surface area contributed by atoms with Crippen LogP contribution in [-0.2, 0) is 4.84 Å². The van der Waals surface area contributed by atoms with E-state index >= 15 is 0 Å². The first-order chi connectivity index (χ1) is 5.47. The van der Waals surface area contributed by atoms with E-state index in [1.165, 1.54) is 0 Å². The highest BCUT2D eigenvalue weighted by atomic mass is 16.7. The number of nitrogens with zero attached hydrogens (tertiary/aromatic N) is 1. The number of hydrogen-bond acceptors (Lipinski definition) is 3. The molecule has 2 rings (SSSR count). The molecular formula is C8H10N2O. The molecule has 0 unspecified atom stereocenters. The molecule has 1 aliphatic rings. The van der Waals surface area contributed by atoms with Gasteiger partial charge in [0, 0.05) is 0 Å². The zero-order valence-corrected chi connectivity index (χ0v) is 6.16. The van der Waals surface area contributed by atoms with Crippen LogP contribution < -0.4 is 10.4 Å². The number of nitrogens with one attached hydrogen (secondary N) is 1. The second-order valence-corrected chi connectivity index (χ2v) is 2.40. The maximum atomic E-state index is 5.26. The molecular weight excluding hydrogens is 140 g/mol. The molecule has 11 heavy (non-hydrogen) atoms. The van der Waals surface area contributed by atoms with Crippen molar-refractivity contribution in [2.45, 2.75) is 0 Å². The van der Waals surface area contributed by atoms with Crippen molar-refractivity contribution in [1.29, 1.82) is 0 Å². The minimum atomic E-state index is 0.606. The molecule has 3 heteroatoms. The summed E-state index contributed by atoms with van der Waals surface area (Å²) in [6.45, 7) is 1.37. The SMILES string of the molecule is c1ccc(N2CNCO2)cc1. The smallest absolute Gasteiger partial charge is 0.127 e. The van der Waals surface area contributed by atoms with Gasteiger partial charge in [-0.1, -0.05) is 18.2 Å². The molecule has 0 radical (unpaired) electrons. The van der Waals surface area contributed by atoms with Crippen molar-refractivity contribution >= 4 is 5.69 Å². The van der Waals surface area contributed by atoms with Crippen molar-refractivity contribution in [3.05, 3.63) is 30.3 Å². The highest BCUT2D eigenvalue weighted by Gasteiger charge is 2.10. The van der Waals surface area contributed by atoms with Crippen LogP contribution in [0.15, 0.2) is 30.3 Å². The number of rotatable bonds is 1. The van der Waals surface area contributed by atoms with Crippen LogP contribution in [0.25, 0.3) is 0 Å². The van der Waals surface area contributed by atoms with Crippen LogP contribution in [0.5, 0.6) is 0 Å². The van der Waals surface area contributed by atoms with Crippen LogP contribution in [0, 0.1) is 0 Å². The maximum Gasteiger partial charge on any atom is 0.127 e. The quantitative estimate of drug-likeness (QED) is 0.645. The lowest BCUT2D eigenvalue weighted by molar-refractivity contribution is 0.163. The van der Waals surface area contributed by atoms with Gasteiger partial charge < -0.3 is 0 Å². The summed E-state index contributed by atoms with van der Waals surface area (Å²) < 4.78 is 0. The number of hydrogen-bond donors (Lipinski definition) is 1. The summed E-state index contributed by atoms with van der Waals surface area (Å²) in [5.41, 5.74) is 1.09. The predicted molar refractivity (Wildman–Crippen MR) is 42.9 cm³/mol. The normalized spacial score (nSPS) is 17.3. The molecule has 1 aromatic rings. The van der Waals surface area contributed by atoms with Crippen LogP contribution in [0.4, 0.5) is 5.69 Å². The Bertz CT molecular complexity index is 219. The van der Waals surface area contributed by atoms with Gasteiger partial charge in [0.25, 0.3) is 0 Å². The van der Waals surface area contributed by atoms with Crippen molar-refractivity contribution in [1.82, 2.24) is 5.32 Å². The number of benzene rings is 1. The van der Waals surface area contributed by atoms with E-state index in [9.17, 15) is 0 Å². The Morgan fingerprint density at radius 2 is 2.09 bits per heavy atom. The monoisotopic (exact) mass is 150 g/mol. The fourth-order valence-corrected chi connectivity index (χ4v) is 1.08. The van der Waals surface area contributed by atoms with Crippen LogP contribution in [0.1, 0.15) is 0 Å². The van der Waals surface area contributed by atoms with Gasteiger partial charge in [0.1, 0.15) is 6.73 Å². The molecule has 0 bridgehead atoms. The molecule has 1 aromatic carbocycles. The minimum Gasteiger partial charge on any atom is -0.273 e. The summed E-state index contributed by atoms with van der Waals surface area (Å²) in [4.78, 5) is 5.26. The Hall–Kier alpha value is -1.06. The zero-order valence-electron chi connectivity index (χ0n) is 6.16. The van der Waals surface area contributed by atoms with E-state index in [-0.39, 0.29) is 0 Å². The molecule has 1 fully saturated rings. The molecule has 3 nitrogen and oxygen atoms in total. The third kappa shape index (κ3) is 1.34. The lowest BCUT2D eigenvalue weighted by atomic mass is 10.3. The fraction of sp³-hybridized carbons (Fsp3) is 0.250. The Labute approximate surface area is 65.5 Å². The molecule has 1 heterocycles. The van der Waals surface area contributed by atoms with Crippen LogP contribution in [-0.4, -0.2) is 13.4 Å². The molecule has 1 N–H and O–H groups in total. The van der Waals surface area contributed by atoms with E-state index in [0.29, 0.717) is 6.73 Å². The van der Waals surface area contributed by atoms with Gasteiger partial charge in [-0.3, -0.25) is 10.2 Å². The standard InChI is InChI=1S/C8H10N2O/c1-2-4-8(5-3-1)10-6-9-7-11-10/h1-5,9H,6-7H2. The van der Waals surface area contributed by atoms with Gasteiger partial charge in [0.2, 0.25) is 0 Å². The van der Waals surface area contributed by atoms with Gasteiger partial charge in [-0.15, -0.1) is 0 Å². The third-order valence-electron chi connectivity index (χ3n) is 1.62. The Balaban J connectivity index is 2.16. The highest BCUT2D eigenvalue weighted by Crippen LogP contribution is 2.13. The summed E-state index contributed by atoms with van der Waals surface area (Å²) in [5, 5.41) is 4.91. The van der Waals surface area contributed by atoms with E-state index in [0.717, 1.165) is 12.4 Å². The van der Waals surface area contributed by atoms with Crippen molar-refractivity contribution in [2.75, 3.05) is 18.5 Å². The van der Waals surface area contributed by atoms with Crippen molar-refractivity contribution in [3.63, 3.8) is 0 Å². The van der Waals surface area contributed by atoms with E-state index in [2.05, 4.69) is 5.32 Å². The van der Waals surface area contributed by atoms with Gasteiger partial charge >= 0.3 is 0 Å². The summed E-state index contributed by atoms with van der Waals surface area (Å²) in [5.74, 6) is 0. The summed E-state index contributed by atoms with van der Waals surface area (Å²) >= 11 is 0. The van der Waals surface area contributed by atoms with Crippen LogP contribution in [0.2, 0.25) is 0 Å². The Morgan fingerprint density at radius 1 is 1.27 bits per heavy atom. The van der Waals surface area contributed by atoms with Crippen molar-refractivity contribution in [3.8, 4) is 0 Å². The molecule has 0 aliphatic carbocycles. The second-order valence-electron chi connectivity index (χ2n) is 2.40. The summed E-state index contributed by atoms with van der Waals surface area (Å²) in [7, 11) is 0. The lowest BCUT2D eigenvalue weighted by Gasteiger charge is -2.13. The molecule has 1 aliphatic heterocycles. The number of anilines is 1. The van der Waals surface area contributed by atoms with Gasteiger partial charge in [-0.25, -0.2) is 5.06 Å². The van der Waals surface area contributed by atoms with E-state index in [1.807, 2.05) is 35.4 Å². The maximum absolute atomic E-state index is 5.26. The van der Waals surface area contributed by atoms with Crippen molar-refractivity contribution in [2.24, 2.45) is 0 Å². The molecule has 0 spiro atoms. The van der Waals surface area contributed by atoms with E-state index in [4.69, 9.17) is 4.84 Å². The average molecular weight is 150 g/mol. The second kappa shape index (κ2) is 2.90. The molecule has 1 saturated heterocycles. The van der Waals surface area contributed by atoms with Gasteiger partial charge in [0.05, 0.1) is 12.4 Å². The third-order valence-corrected chi connectivity index (χ3v) is 1.62. The largest absolute Gasteiger partial charge is 0.273 e. The Kier molecular flexibility index (Phi) is 1.75. The molecule has 0 aromatic heterocycles. The van der Waals surface area contributed by atoms with E-state index in [1.54, 1.807) is 0 Å². The van der Waals surface area contributed by atoms with Gasteiger partial charge in [-0.2, -0.15) is 0 Å². The van der Waals surface area contributed by atoms with Gasteiger partial charge in [0.15, 0.2) is 0 Å². The average Bonchev–Trinajstić information content (AvgIpc) is 2.58. The Morgan fingerprint density at radius 3 is 2.73 bits per heavy atom. The molecule has 58 valence electrons. The predicted octanol–water partition coefficient (Wildman–Crippen LogP) is 0.943. The first-order valence-electron chi connectivity index (χ1n) is 3.63. The van der Waals surface area contributed by atoms with Crippen LogP contribution >= 0.6 is 0 Å². The zero-order chi connectivity index (χ0) is 7.52. The molecule has 0 amide bonds. The summed E-state index contributed by atoms with van der Waals surface area (Å²) in [6, 6.07) is 10.0. The highest BCUT2D eigenvalue weighted by molar-refractivity contribution is 5.43. The van der Waals surface area contributed by atoms with Crippen molar-refractivity contribution < 1.29 is 4.84 Å². The topological polar surface area (TPSA) is 24.5 Å². The molecule has 0 saturated carbocycles. The number of hydroxylamine groups is 1. The summed E-state index contributed by atoms with van der Waals surface area (Å²) in [6.07, 6.45) is 0. The first-order valence-corrected chi connectivity index (χ1v) is 3.63. The fourth-order valence-electron chi connectivity index (χ4n) is 1.08. The minimum absolute atomic E-state index is 0.606. The van der Waals surface area contributed by atoms with Gasteiger partial charge in [-0.05, 0) is 12.1 Å².